The minimum Gasteiger partial charge on any atom is -0.388 e. The van der Waals surface area contributed by atoms with Crippen LogP contribution in [0.1, 0.15) is 31.1 Å². The summed E-state index contributed by atoms with van der Waals surface area (Å²) in [4.78, 5) is 0. The third-order valence-electron chi connectivity index (χ3n) is 2.01. The van der Waals surface area contributed by atoms with E-state index in [1.807, 2.05) is 0 Å². The fourth-order valence-corrected chi connectivity index (χ4v) is 1.27. The first-order chi connectivity index (χ1) is 6.07. The molecule has 0 radical (unpaired) electrons. The van der Waals surface area contributed by atoms with Crippen molar-refractivity contribution in [1.29, 1.82) is 0 Å². The predicted octanol–water partition coefficient (Wildman–Crippen LogP) is 2.58. The molecule has 0 aliphatic carbocycles. The van der Waals surface area contributed by atoms with E-state index in [1.165, 1.54) is 19.1 Å². The summed E-state index contributed by atoms with van der Waals surface area (Å²) in [7, 11) is 0. The molecule has 0 amide bonds. The van der Waals surface area contributed by atoms with E-state index in [9.17, 15) is 8.78 Å². The molecule has 1 aromatic rings. The normalized spacial score (nSPS) is 13.0. The summed E-state index contributed by atoms with van der Waals surface area (Å²) in [6, 6.07) is 2.58. The van der Waals surface area contributed by atoms with Crippen LogP contribution in [0.15, 0.2) is 12.1 Å². The minimum atomic E-state index is -1.11. The Morgan fingerprint density at radius 2 is 2.00 bits per heavy atom. The van der Waals surface area contributed by atoms with Crippen LogP contribution in [0.2, 0.25) is 0 Å². The molecule has 0 aliphatic rings. The van der Waals surface area contributed by atoms with Gasteiger partial charge in [-0.2, -0.15) is 0 Å². The highest BCUT2D eigenvalue weighted by molar-refractivity contribution is 5.28. The van der Waals surface area contributed by atoms with Gasteiger partial charge in [-0.3, -0.25) is 0 Å². The van der Waals surface area contributed by atoms with Crippen molar-refractivity contribution in [3.05, 3.63) is 34.9 Å². The smallest absolute Gasteiger partial charge is 0.135 e. The zero-order valence-electron chi connectivity index (χ0n) is 7.64. The highest BCUT2D eigenvalue weighted by Gasteiger charge is 2.16. The van der Waals surface area contributed by atoms with E-state index >= 15 is 0 Å². The lowest BCUT2D eigenvalue weighted by Crippen LogP contribution is -2.03. The van der Waals surface area contributed by atoms with Gasteiger partial charge in [-0.25, -0.2) is 8.78 Å². The van der Waals surface area contributed by atoms with Gasteiger partial charge in [0.25, 0.3) is 0 Å². The molecule has 0 spiro atoms. The van der Waals surface area contributed by atoms with Crippen molar-refractivity contribution in [2.75, 3.05) is 0 Å². The molecule has 0 aromatic heterocycles. The summed E-state index contributed by atoms with van der Waals surface area (Å²) >= 11 is 0. The zero-order valence-corrected chi connectivity index (χ0v) is 7.64. The Balaban J connectivity index is 3.30. The summed E-state index contributed by atoms with van der Waals surface area (Å²) in [6.45, 7) is 3.13. The lowest BCUT2D eigenvalue weighted by Gasteiger charge is -2.10. The second-order valence-corrected chi connectivity index (χ2v) is 2.96. The molecule has 0 fully saturated rings. The molecular formula is C10H12F2O. The van der Waals surface area contributed by atoms with Gasteiger partial charge in [0.2, 0.25) is 0 Å². The molecule has 72 valence electrons. The fraction of sp³-hybridized carbons (Fsp3) is 0.400. The van der Waals surface area contributed by atoms with Gasteiger partial charge in [-0.05, 0) is 25.0 Å². The van der Waals surface area contributed by atoms with Crippen LogP contribution in [-0.4, -0.2) is 5.11 Å². The fourth-order valence-electron chi connectivity index (χ4n) is 1.27. The second kappa shape index (κ2) is 3.83. The molecule has 0 saturated heterocycles. The van der Waals surface area contributed by atoms with E-state index in [0.29, 0.717) is 12.0 Å². The molecule has 1 atom stereocenters. The van der Waals surface area contributed by atoms with Crippen LogP contribution in [0.5, 0.6) is 0 Å². The van der Waals surface area contributed by atoms with Gasteiger partial charge in [-0.15, -0.1) is 0 Å². The number of hydrogen-bond donors (Lipinski definition) is 1. The predicted molar refractivity (Wildman–Crippen MR) is 46.4 cm³/mol. The third-order valence-corrected chi connectivity index (χ3v) is 2.01. The molecule has 0 bridgehead atoms. The second-order valence-electron chi connectivity index (χ2n) is 2.96. The van der Waals surface area contributed by atoms with Crippen LogP contribution >= 0.6 is 0 Å². The summed E-state index contributed by atoms with van der Waals surface area (Å²) in [5, 5.41) is 9.13. The van der Waals surface area contributed by atoms with Gasteiger partial charge >= 0.3 is 0 Å². The molecule has 0 saturated carbocycles. The topological polar surface area (TPSA) is 20.2 Å². The summed E-state index contributed by atoms with van der Waals surface area (Å²) in [5.74, 6) is -1.32. The molecule has 1 rings (SSSR count). The zero-order chi connectivity index (χ0) is 10.0. The first kappa shape index (κ1) is 10.1. The molecular weight excluding hydrogens is 174 g/mol. The SMILES string of the molecule is CCc1ccc(F)c(C(C)O)c1F. The summed E-state index contributed by atoms with van der Waals surface area (Å²) < 4.78 is 26.4. The van der Waals surface area contributed by atoms with Crippen LogP contribution < -0.4 is 0 Å². The van der Waals surface area contributed by atoms with Crippen molar-refractivity contribution >= 4 is 0 Å². The first-order valence-corrected chi connectivity index (χ1v) is 4.22. The molecule has 1 N–H and O–H groups in total. The van der Waals surface area contributed by atoms with Gasteiger partial charge in [0.1, 0.15) is 11.6 Å². The Kier molecular flexibility index (Phi) is 2.98. The van der Waals surface area contributed by atoms with E-state index in [4.69, 9.17) is 5.11 Å². The maximum absolute atomic E-state index is 13.4. The Labute approximate surface area is 76.0 Å². The number of hydrogen-bond acceptors (Lipinski definition) is 1. The standard InChI is InChI=1S/C10H12F2O/c1-3-7-4-5-8(11)9(6(2)13)10(7)12/h4-6,13H,3H2,1-2H3. The maximum atomic E-state index is 13.4. The van der Waals surface area contributed by atoms with Crippen molar-refractivity contribution in [2.45, 2.75) is 26.4 Å². The maximum Gasteiger partial charge on any atom is 0.135 e. The number of aliphatic hydroxyl groups is 1. The van der Waals surface area contributed by atoms with E-state index in [-0.39, 0.29) is 5.56 Å². The minimum absolute atomic E-state index is 0.237. The molecule has 1 unspecified atom stereocenters. The van der Waals surface area contributed by atoms with Gasteiger partial charge in [0.05, 0.1) is 11.7 Å². The lowest BCUT2D eigenvalue weighted by atomic mass is 10.0. The van der Waals surface area contributed by atoms with Crippen molar-refractivity contribution in [3.63, 3.8) is 0 Å². The Morgan fingerprint density at radius 3 is 2.46 bits per heavy atom. The average Bonchev–Trinajstić information content (AvgIpc) is 2.04. The van der Waals surface area contributed by atoms with Crippen molar-refractivity contribution in [2.24, 2.45) is 0 Å². The molecule has 0 aliphatic heterocycles. The summed E-state index contributed by atoms with van der Waals surface area (Å²) in [5.41, 5.74) is 0.191. The lowest BCUT2D eigenvalue weighted by molar-refractivity contribution is 0.188. The number of rotatable bonds is 2. The number of benzene rings is 1. The van der Waals surface area contributed by atoms with Gasteiger partial charge in [0.15, 0.2) is 0 Å². The molecule has 3 heteroatoms. The van der Waals surface area contributed by atoms with E-state index in [2.05, 4.69) is 0 Å². The van der Waals surface area contributed by atoms with Crippen LogP contribution in [0.4, 0.5) is 8.78 Å². The van der Waals surface area contributed by atoms with Gasteiger partial charge in [-0.1, -0.05) is 13.0 Å². The van der Waals surface area contributed by atoms with Crippen molar-refractivity contribution < 1.29 is 13.9 Å². The van der Waals surface area contributed by atoms with Crippen LogP contribution in [0.25, 0.3) is 0 Å². The molecule has 13 heavy (non-hydrogen) atoms. The largest absolute Gasteiger partial charge is 0.388 e. The van der Waals surface area contributed by atoms with E-state index in [1.54, 1.807) is 6.92 Å². The number of aryl methyl sites for hydroxylation is 1. The number of halogens is 2. The first-order valence-electron chi connectivity index (χ1n) is 4.22. The monoisotopic (exact) mass is 186 g/mol. The number of aliphatic hydroxyl groups excluding tert-OH is 1. The van der Waals surface area contributed by atoms with Crippen molar-refractivity contribution in [1.82, 2.24) is 0 Å². The third kappa shape index (κ3) is 1.86. The van der Waals surface area contributed by atoms with Crippen LogP contribution in [0, 0.1) is 11.6 Å². The summed E-state index contributed by atoms with van der Waals surface area (Å²) in [6.07, 6.45) is -0.613. The van der Waals surface area contributed by atoms with Crippen LogP contribution in [0.3, 0.4) is 0 Å². The van der Waals surface area contributed by atoms with Crippen LogP contribution in [-0.2, 0) is 6.42 Å². The Hall–Kier alpha value is -0.960. The highest BCUT2D eigenvalue weighted by Crippen LogP contribution is 2.23. The molecule has 1 nitrogen and oxygen atoms in total. The van der Waals surface area contributed by atoms with Crippen molar-refractivity contribution in [3.8, 4) is 0 Å². The molecule has 1 aromatic carbocycles. The van der Waals surface area contributed by atoms with Gasteiger partial charge in [0, 0.05) is 0 Å². The Morgan fingerprint density at radius 1 is 1.38 bits per heavy atom. The van der Waals surface area contributed by atoms with E-state index < -0.39 is 17.7 Å². The quantitative estimate of drug-likeness (QED) is 0.752. The average molecular weight is 186 g/mol. The Bertz CT molecular complexity index is 308. The highest BCUT2D eigenvalue weighted by atomic mass is 19.1. The molecule has 0 heterocycles. The van der Waals surface area contributed by atoms with Gasteiger partial charge < -0.3 is 5.11 Å². The van der Waals surface area contributed by atoms with E-state index in [0.717, 1.165) is 0 Å².